The summed E-state index contributed by atoms with van der Waals surface area (Å²) in [6, 6.07) is 25.3. The van der Waals surface area contributed by atoms with Crippen molar-refractivity contribution in [1.82, 2.24) is 4.98 Å². The predicted octanol–water partition coefficient (Wildman–Crippen LogP) is 6.00. The van der Waals surface area contributed by atoms with Gasteiger partial charge in [-0.2, -0.15) is 0 Å². The van der Waals surface area contributed by atoms with Crippen LogP contribution in [0.2, 0.25) is 0 Å². The maximum atomic E-state index is 4.21. The van der Waals surface area contributed by atoms with E-state index in [1.54, 1.807) is 0 Å². The van der Waals surface area contributed by atoms with Crippen molar-refractivity contribution in [2.75, 3.05) is 16.3 Å². The van der Waals surface area contributed by atoms with E-state index in [1.165, 1.54) is 11.5 Å². The fourth-order valence-electron chi connectivity index (χ4n) is 3.58. The third kappa shape index (κ3) is 3.72. The molecule has 1 aliphatic heterocycles. The SMILES string of the molecule is CC1(C)CC=C(N(c2ccccc2)c2ccncc2)N(c2ccccc2)C1. The minimum atomic E-state index is 0.222. The molecule has 136 valence electrons. The van der Waals surface area contributed by atoms with Crippen molar-refractivity contribution in [2.24, 2.45) is 5.41 Å². The molecule has 1 aliphatic rings. The monoisotopic (exact) mass is 355 g/mol. The first-order chi connectivity index (χ1) is 13.1. The molecule has 0 unspecified atom stereocenters. The maximum absolute atomic E-state index is 4.21. The second kappa shape index (κ2) is 7.28. The van der Waals surface area contributed by atoms with Crippen molar-refractivity contribution in [1.29, 1.82) is 0 Å². The summed E-state index contributed by atoms with van der Waals surface area (Å²) in [4.78, 5) is 8.96. The molecule has 2 heterocycles. The van der Waals surface area contributed by atoms with E-state index >= 15 is 0 Å². The Morgan fingerprint density at radius 1 is 0.815 bits per heavy atom. The summed E-state index contributed by atoms with van der Waals surface area (Å²) in [5.74, 6) is 1.19. The van der Waals surface area contributed by atoms with Crippen molar-refractivity contribution >= 4 is 17.1 Å². The first-order valence-corrected chi connectivity index (χ1v) is 9.42. The van der Waals surface area contributed by atoms with Crippen molar-refractivity contribution < 1.29 is 0 Å². The number of para-hydroxylation sites is 2. The molecule has 3 nitrogen and oxygen atoms in total. The zero-order valence-corrected chi connectivity index (χ0v) is 15.9. The van der Waals surface area contributed by atoms with Crippen LogP contribution in [0.15, 0.2) is 97.1 Å². The van der Waals surface area contributed by atoms with Gasteiger partial charge in [-0.15, -0.1) is 0 Å². The molecule has 1 aromatic heterocycles. The summed E-state index contributed by atoms with van der Waals surface area (Å²) >= 11 is 0. The Balaban J connectivity index is 1.85. The zero-order valence-electron chi connectivity index (χ0n) is 15.9. The quantitative estimate of drug-likeness (QED) is 0.572. The van der Waals surface area contributed by atoms with Crippen LogP contribution in [0.25, 0.3) is 0 Å². The third-order valence-electron chi connectivity index (χ3n) is 4.93. The third-order valence-corrected chi connectivity index (χ3v) is 4.93. The predicted molar refractivity (Wildman–Crippen MR) is 113 cm³/mol. The Bertz CT molecular complexity index is 863. The summed E-state index contributed by atoms with van der Waals surface area (Å²) in [5.41, 5.74) is 3.70. The molecule has 2 aromatic carbocycles. The second-order valence-corrected chi connectivity index (χ2v) is 7.73. The normalized spacial score (nSPS) is 15.9. The van der Waals surface area contributed by atoms with Gasteiger partial charge in [0.1, 0.15) is 5.82 Å². The highest BCUT2D eigenvalue weighted by atomic mass is 15.3. The molecule has 0 saturated heterocycles. The molecule has 0 bridgehead atoms. The van der Waals surface area contributed by atoms with Gasteiger partial charge in [-0.25, -0.2) is 0 Å². The van der Waals surface area contributed by atoms with Gasteiger partial charge in [0.15, 0.2) is 0 Å². The number of hydrogen-bond donors (Lipinski definition) is 0. The second-order valence-electron chi connectivity index (χ2n) is 7.73. The van der Waals surface area contributed by atoms with Crippen molar-refractivity contribution in [3.8, 4) is 0 Å². The first kappa shape index (κ1) is 17.3. The lowest BCUT2D eigenvalue weighted by Gasteiger charge is -2.43. The average Bonchev–Trinajstić information content (AvgIpc) is 2.71. The number of anilines is 3. The van der Waals surface area contributed by atoms with Crippen molar-refractivity contribution in [2.45, 2.75) is 20.3 Å². The van der Waals surface area contributed by atoms with E-state index in [0.29, 0.717) is 0 Å². The molecule has 0 atom stereocenters. The topological polar surface area (TPSA) is 19.4 Å². The highest BCUT2D eigenvalue weighted by Gasteiger charge is 2.31. The number of nitrogens with zero attached hydrogens (tertiary/aromatic N) is 3. The van der Waals surface area contributed by atoms with Crippen LogP contribution < -0.4 is 9.80 Å². The maximum Gasteiger partial charge on any atom is 0.113 e. The molecule has 0 spiro atoms. The molecule has 0 radical (unpaired) electrons. The molecule has 4 rings (SSSR count). The average molecular weight is 355 g/mol. The molecular formula is C24H25N3. The van der Waals surface area contributed by atoms with E-state index in [4.69, 9.17) is 0 Å². The Labute approximate surface area is 161 Å². The molecule has 0 fully saturated rings. The molecule has 0 amide bonds. The van der Waals surface area contributed by atoms with E-state index in [0.717, 1.165) is 24.3 Å². The lowest BCUT2D eigenvalue weighted by atomic mass is 9.85. The Morgan fingerprint density at radius 2 is 1.41 bits per heavy atom. The number of pyridine rings is 1. The highest BCUT2D eigenvalue weighted by Crippen LogP contribution is 2.39. The summed E-state index contributed by atoms with van der Waals surface area (Å²) in [6.07, 6.45) is 7.11. The molecule has 0 saturated carbocycles. The van der Waals surface area contributed by atoms with Crippen LogP contribution in [0.1, 0.15) is 20.3 Å². The van der Waals surface area contributed by atoms with Crippen LogP contribution in [0, 0.1) is 5.41 Å². The smallest absolute Gasteiger partial charge is 0.113 e. The molecule has 0 aliphatic carbocycles. The van der Waals surface area contributed by atoms with Gasteiger partial charge in [-0.1, -0.05) is 50.2 Å². The Kier molecular flexibility index (Phi) is 4.68. The van der Waals surface area contributed by atoms with Gasteiger partial charge in [0.2, 0.25) is 0 Å². The fraction of sp³-hybridized carbons (Fsp3) is 0.208. The van der Waals surface area contributed by atoms with Crippen molar-refractivity contribution in [3.63, 3.8) is 0 Å². The van der Waals surface area contributed by atoms with Gasteiger partial charge < -0.3 is 4.90 Å². The van der Waals surface area contributed by atoms with E-state index < -0.39 is 0 Å². The molecule has 3 heteroatoms. The zero-order chi connectivity index (χ0) is 18.7. The molecule has 3 aromatic rings. The van der Waals surface area contributed by atoms with Gasteiger partial charge >= 0.3 is 0 Å². The molecular weight excluding hydrogens is 330 g/mol. The number of allylic oxidation sites excluding steroid dienone is 1. The fourth-order valence-corrected chi connectivity index (χ4v) is 3.58. The van der Waals surface area contributed by atoms with Crippen LogP contribution in [0.4, 0.5) is 17.1 Å². The van der Waals surface area contributed by atoms with Gasteiger partial charge in [-0.05, 0) is 54.3 Å². The van der Waals surface area contributed by atoms with Gasteiger partial charge in [-0.3, -0.25) is 9.88 Å². The summed E-state index contributed by atoms with van der Waals surface area (Å²) < 4.78 is 0. The van der Waals surface area contributed by atoms with Gasteiger partial charge in [0, 0.05) is 30.3 Å². The first-order valence-electron chi connectivity index (χ1n) is 9.42. The molecule has 27 heavy (non-hydrogen) atoms. The Morgan fingerprint density at radius 3 is 2.07 bits per heavy atom. The van der Waals surface area contributed by atoms with Crippen LogP contribution in [-0.2, 0) is 0 Å². The van der Waals surface area contributed by atoms with Gasteiger partial charge in [0.25, 0.3) is 0 Å². The lowest BCUT2D eigenvalue weighted by Crippen LogP contribution is -2.42. The number of benzene rings is 2. The van der Waals surface area contributed by atoms with Gasteiger partial charge in [0.05, 0.1) is 5.69 Å². The highest BCUT2D eigenvalue weighted by molar-refractivity contribution is 5.72. The largest absolute Gasteiger partial charge is 0.327 e. The van der Waals surface area contributed by atoms with Crippen molar-refractivity contribution in [3.05, 3.63) is 97.1 Å². The Hall–Kier alpha value is -3.07. The van der Waals surface area contributed by atoms with Crippen LogP contribution in [-0.4, -0.2) is 11.5 Å². The van der Waals surface area contributed by atoms with Crippen LogP contribution >= 0.6 is 0 Å². The van der Waals surface area contributed by atoms with E-state index in [1.807, 2.05) is 12.4 Å². The van der Waals surface area contributed by atoms with Crippen LogP contribution in [0.5, 0.6) is 0 Å². The van der Waals surface area contributed by atoms with E-state index in [2.05, 4.69) is 108 Å². The van der Waals surface area contributed by atoms with E-state index in [9.17, 15) is 0 Å². The van der Waals surface area contributed by atoms with Crippen LogP contribution in [0.3, 0.4) is 0 Å². The number of hydrogen-bond acceptors (Lipinski definition) is 3. The lowest BCUT2D eigenvalue weighted by molar-refractivity contribution is 0.362. The summed E-state index contributed by atoms with van der Waals surface area (Å²) in [7, 11) is 0. The standard InChI is InChI=1S/C24H25N3/c1-24(2)16-13-23(26(19-24)20-9-5-3-6-10-20)27(21-11-7-4-8-12-21)22-14-17-25-18-15-22/h3-15,17-18H,16,19H2,1-2H3. The number of rotatable bonds is 4. The molecule has 0 N–H and O–H groups in total. The minimum absolute atomic E-state index is 0.222. The summed E-state index contributed by atoms with van der Waals surface area (Å²) in [6.45, 7) is 5.63. The minimum Gasteiger partial charge on any atom is -0.327 e. The number of aromatic nitrogens is 1. The summed E-state index contributed by atoms with van der Waals surface area (Å²) in [5, 5.41) is 0. The van der Waals surface area contributed by atoms with E-state index in [-0.39, 0.29) is 5.41 Å².